The van der Waals surface area contributed by atoms with Crippen LogP contribution >= 0.6 is 0 Å². The Morgan fingerprint density at radius 2 is 1.87 bits per heavy atom. The van der Waals surface area contributed by atoms with E-state index in [0.717, 1.165) is 22.4 Å². The van der Waals surface area contributed by atoms with Gasteiger partial charge in [-0.3, -0.25) is 0 Å². The summed E-state index contributed by atoms with van der Waals surface area (Å²) in [4.78, 5) is 19.6. The molecule has 118 valence electrons. The number of nitrogens with one attached hydrogen (secondary N) is 3. The molecule has 3 aromatic rings. The molecule has 0 radical (unpaired) electrons. The number of imidazole rings is 1. The van der Waals surface area contributed by atoms with Gasteiger partial charge in [0.1, 0.15) is 5.82 Å². The molecule has 1 aromatic heterocycles. The zero-order chi connectivity index (χ0) is 16.1. The number of hydrogen-bond acceptors (Lipinski definition) is 2. The lowest BCUT2D eigenvalue weighted by molar-refractivity contribution is 0.240. The SMILES string of the molecule is Cc1ccccc1CNC(=O)NCCc1nc2ccccc2[nH]1. The Hall–Kier alpha value is -2.82. The number of nitrogens with zero attached hydrogens (tertiary/aromatic N) is 1. The molecule has 5 nitrogen and oxygen atoms in total. The number of amides is 2. The molecule has 0 aliphatic heterocycles. The van der Waals surface area contributed by atoms with Gasteiger partial charge in [-0.25, -0.2) is 9.78 Å². The van der Waals surface area contributed by atoms with E-state index in [0.29, 0.717) is 19.5 Å². The maximum absolute atomic E-state index is 11.8. The minimum Gasteiger partial charge on any atom is -0.342 e. The van der Waals surface area contributed by atoms with Gasteiger partial charge in [-0.15, -0.1) is 0 Å². The average molecular weight is 308 g/mol. The highest BCUT2D eigenvalue weighted by molar-refractivity contribution is 5.75. The molecule has 0 unspecified atom stereocenters. The number of para-hydroxylation sites is 2. The first-order valence-electron chi connectivity index (χ1n) is 7.72. The third-order valence-corrected chi connectivity index (χ3v) is 3.79. The second kappa shape index (κ2) is 6.96. The predicted octanol–water partition coefficient (Wildman–Crippen LogP) is 2.91. The van der Waals surface area contributed by atoms with Gasteiger partial charge in [-0.05, 0) is 30.2 Å². The lowest BCUT2D eigenvalue weighted by Crippen LogP contribution is -2.36. The van der Waals surface area contributed by atoms with Gasteiger partial charge in [0, 0.05) is 19.5 Å². The van der Waals surface area contributed by atoms with Crippen molar-refractivity contribution >= 4 is 17.1 Å². The highest BCUT2D eigenvalue weighted by Gasteiger charge is 2.04. The third kappa shape index (κ3) is 3.88. The summed E-state index contributed by atoms with van der Waals surface area (Å²) in [6, 6.07) is 15.8. The standard InChI is InChI=1S/C18H20N4O/c1-13-6-2-3-7-14(13)12-20-18(23)19-11-10-17-21-15-8-4-5-9-16(15)22-17/h2-9H,10-12H2,1H3,(H,21,22)(H2,19,20,23). The summed E-state index contributed by atoms with van der Waals surface area (Å²) in [5, 5.41) is 5.73. The van der Waals surface area contributed by atoms with E-state index in [9.17, 15) is 4.79 Å². The van der Waals surface area contributed by atoms with Crippen molar-refractivity contribution in [3.8, 4) is 0 Å². The molecule has 0 aliphatic carbocycles. The van der Waals surface area contributed by atoms with E-state index in [4.69, 9.17) is 0 Å². The van der Waals surface area contributed by atoms with Crippen molar-refractivity contribution in [2.24, 2.45) is 0 Å². The van der Waals surface area contributed by atoms with Crippen molar-refractivity contribution in [2.45, 2.75) is 19.9 Å². The monoisotopic (exact) mass is 308 g/mol. The van der Waals surface area contributed by atoms with Gasteiger partial charge in [-0.1, -0.05) is 36.4 Å². The fraction of sp³-hybridized carbons (Fsp3) is 0.222. The molecule has 0 saturated heterocycles. The van der Waals surface area contributed by atoms with E-state index >= 15 is 0 Å². The van der Waals surface area contributed by atoms with Gasteiger partial charge in [0.05, 0.1) is 11.0 Å². The number of aromatic nitrogens is 2. The Morgan fingerprint density at radius 3 is 2.70 bits per heavy atom. The minimum absolute atomic E-state index is 0.163. The third-order valence-electron chi connectivity index (χ3n) is 3.79. The number of H-pyrrole nitrogens is 1. The molecule has 0 saturated carbocycles. The largest absolute Gasteiger partial charge is 0.342 e. The predicted molar refractivity (Wildman–Crippen MR) is 91.2 cm³/mol. The number of carbonyl (C=O) groups excluding carboxylic acids is 1. The number of carbonyl (C=O) groups is 1. The molecular formula is C18H20N4O. The highest BCUT2D eigenvalue weighted by Crippen LogP contribution is 2.10. The Kier molecular flexibility index (Phi) is 4.57. The molecule has 2 aromatic carbocycles. The second-order valence-corrected chi connectivity index (χ2v) is 5.49. The van der Waals surface area contributed by atoms with Crippen LogP contribution in [0.3, 0.4) is 0 Å². The normalized spacial score (nSPS) is 10.7. The Labute approximate surface area is 135 Å². The Balaban J connectivity index is 1.45. The van der Waals surface area contributed by atoms with E-state index in [-0.39, 0.29) is 6.03 Å². The fourth-order valence-corrected chi connectivity index (χ4v) is 2.46. The highest BCUT2D eigenvalue weighted by atomic mass is 16.2. The van der Waals surface area contributed by atoms with Gasteiger partial charge < -0.3 is 15.6 Å². The lowest BCUT2D eigenvalue weighted by atomic mass is 10.1. The van der Waals surface area contributed by atoms with Gasteiger partial charge in [0.25, 0.3) is 0 Å². The zero-order valence-corrected chi connectivity index (χ0v) is 13.1. The quantitative estimate of drug-likeness (QED) is 0.678. The van der Waals surface area contributed by atoms with Crippen molar-refractivity contribution in [1.29, 1.82) is 0 Å². The summed E-state index contributed by atoms with van der Waals surface area (Å²) in [5.74, 6) is 0.880. The van der Waals surface area contributed by atoms with E-state index < -0.39 is 0 Å². The molecule has 23 heavy (non-hydrogen) atoms. The summed E-state index contributed by atoms with van der Waals surface area (Å²) < 4.78 is 0. The van der Waals surface area contributed by atoms with Gasteiger partial charge in [0.2, 0.25) is 0 Å². The molecule has 1 heterocycles. The van der Waals surface area contributed by atoms with Crippen molar-refractivity contribution in [3.63, 3.8) is 0 Å². The molecule has 5 heteroatoms. The summed E-state index contributed by atoms with van der Waals surface area (Å²) in [5.41, 5.74) is 4.27. The summed E-state index contributed by atoms with van der Waals surface area (Å²) in [7, 11) is 0. The van der Waals surface area contributed by atoms with Crippen LogP contribution in [0.4, 0.5) is 4.79 Å². The number of hydrogen-bond donors (Lipinski definition) is 3. The Morgan fingerprint density at radius 1 is 1.09 bits per heavy atom. The minimum atomic E-state index is -0.163. The fourth-order valence-electron chi connectivity index (χ4n) is 2.46. The lowest BCUT2D eigenvalue weighted by Gasteiger charge is -2.08. The molecule has 0 fully saturated rings. The van der Waals surface area contributed by atoms with Crippen LogP contribution in [0, 0.1) is 6.92 Å². The van der Waals surface area contributed by atoms with Crippen LogP contribution in [-0.4, -0.2) is 22.5 Å². The molecule has 0 bridgehead atoms. The van der Waals surface area contributed by atoms with Crippen LogP contribution in [0.15, 0.2) is 48.5 Å². The first-order valence-corrected chi connectivity index (χ1v) is 7.72. The van der Waals surface area contributed by atoms with E-state index in [1.807, 2.05) is 55.5 Å². The number of benzene rings is 2. The van der Waals surface area contributed by atoms with Crippen LogP contribution in [-0.2, 0) is 13.0 Å². The van der Waals surface area contributed by atoms with Crippen molar-refractivity contribution < 1.29 is 4.79 Å². The molecule has 0 atom stereocenters. The molecule has 0 spiro atoms. The maximum atomic E-state index is 11.8. The van der Waals surface area contributed by atoms with Crippen LogP contribution in [0.25, 0.3) is 11.0 Å². The first-order chi connectivity index (χ1) is 11.2. The van der Waals surface area contributed by atoms with Crippen molar-refractivity contribution in [3.05, 3.63) is 65.5 Å². The maximum Gasteiger partial charge on any atom is 0.315 e. The zero-order valence-electron chi connectivity index (χ0n) is 13.1. The number of aromatic amines is 1. The number of aryl methyl sites for hydroxylation is 1. The van der Waals surface area contributed by atoms with Crippen molar-refractivity contribution in [2.75, 3.05) is 6.54 Å². The molecule has 0 aliphatic rings. The number of fused-ring (bicyclic) bond motifs is 1. The van der Waals surface area contributed by atoms with Gasteiger partial charge in [0.15, 0.2) is 0 Å². The second-order valence-electron chi connectivity index (χ2n) is 5.49. The average Bonchev–Trinajstić information content (AvgIpc) is 2.97. The summed E-state index contributed by atoms with van der Waals surface area (Å²) >= 11 is 0. The number of urea groups is 1. The van der Waals surface area contributed by atoms with E-state index in [1.165, 1.54) is 5.56 Å². The molecule has 3 N–H and O–H groups in total. The van der Waals surface area contributed by atoms with E-state index in [2.05, 4.69) is 20.6 Å². The van der Waals surface area contributed by atoms with Crippen molar-refractivity contribution in [1.82, 2.24) is 20.6 Å². The van der Waals surface area contributed by atoms with Crippen LogP contribution in [0.1, 0.15) is 17.0 Å². The molecular weight excluding hydrogens is 288 g/mol. The first kappa shape index (κ1) is 15.1. The van der Waals surface area contributed by atoms with Crippen LogP contribution in [0.2, 0.25) is 0 Å². The van der Waals surface area contributed by atoms with Crippen LogP contribution < -0.4 is 10.6 Å². The van der Waals surface area contributed by atoms with Gasteiger partial charge >= 0.3 is 6.03 Å². The summed E-state index contributed by atoms with van der Waals surface area (Å²) in [6.45, 7) is 3.11. The molecule has 2 amide bonds. The van der Waals surface area contributed by atoms with Crippen LogP contribution in [0.5, 0.6) is 0 Å². The Bertz CT molecular complexity index is 776. The topological polar surface area (TPSA) is 69.8 Å². The number of rotatable bonds is 5. The van der Waals surface area contributed by atoms with Gasteiger partial charge in [-0.2, -0.15) is 0 Å². The summed E-state index contributed by atoms with van der Waals surface area (Å²) in [6.07, 6.45) is 0.673. The van der Waals surface area contributed by atoms with E-state index in [1.54, 1.807) is 0 Å². The smallest absolute Gasteiger partial charge is 0.315 e. The molecule has 3 rings (SSSR count).